The normalized spacial score (nSPS) is 29.0. The Morgan fingerprint density at radius 3 is 2.71 bits per heavy atom. The standard InChI is InChI=1S/C16H20N4O3S/c1-9-7-19(8-10(2)23-9)13(12-5-4-6-22-12)14-15(21)20-16(24-14)17-11(3)18-20/h4-6,9-10,13-14H,7-8H2,1-3H3. The largest absolute Gasteiger partial charge is 0.468 e. The van der Waals surface area contributed by atoms with Gasteiger partial charge in [-0.25, -0.2) is 4.98 Å². The Balaban J connectivity index is 1.67. The molecule has 0 radical (unpaired) electrons. The summed E-state index contributed by atoms with van der Waals surface area (Å²) in [6.07, 6.45) is 1.89. The molecule has 7 nitrogen and oxygen atoms in total. The second-order valence-electron chi connectivity index (χ2n) is 6.40. The molecule has 2 aromatic heterocycles. The summed E-state index contributed by atoms with van der Waals surface area (Å²) in [5.41, 5.74) is 0. The number of carbonyl (C=O) groups excluding carboxylic acids is 1. The lowest BCUT2D eigenvalue weighted by atomic mass is 10.1. The van der Waals surface area contributed by atoms with E-state index in [0.717, 1.165) is 18.8 Å². The van der Waals surface area contributed by atoms with Gasteiger partial charge in [-0.2, -0.15) is 4.68 Å². The van der Waals surface area contributed by atoms with Gasteiger partial charge in [0, 0.05) is 13.1 Å². The molecule has 0 N–H and O–H groups in total. The molecule has 0 bridgehead atoms. The van der Waals surface area contributed by atoms with Crippen molar-refractivity contribution in [2.45, 2.75) is 49.4 Å². The van der Waals surface area contributed by atoms with Gasteiger partial charge < -0.3 is 9.15 Å². The first kappa shape index (κ1) is 15.9. The molecule has 4 atom stereocenters. The Morgan fingerprint density at radius 1 is 1.33 bits per heavy atom. The maximum absolute atomic E-state index is 12.9. The van der Waals surface area contributed by atoms with Crippen LogP contribution in [-0.4, -0.2) is 56.1 Å². The van der Waals surface area contributed by atoms with Gasteiger partial charge in [-0.05, 0) is 32.9 Å². The first-order valence-corrected chi connectivity index (χ1v) is 8.98. The predicted octanol–water partition coefficient (Wildman–Crippen LogP) is 2.14. The Morgan fingerprint density at radius 2 is 2.08 bits per heavy atom. The fourth-order valence-corrected chi connectivity index (χ4v) is 4.80. The Hall–Kier alpha value is -1.64. The van der Waals surface area contributed by atoms with Crippen LogP contribution in [0.2, 0.25) is 0 Å². The predicted molar refractivity (Wildman–Crippen MR) is 88.1 cm³/mol. The lowest BCUT2D eigenvalue weighted by molar-refractivity contribution is -0.0824. The SMILES string of the molecule is Cc1nc2n(n1)C(=O)C(C(c1ccco1)N1CC(C)OC(C)C1)S2. The van der Waals surface area contributed by atoms with Gasteiger partial charge in [-0.1, -0.05) is 11.8 Å². The van der Waals surface area contributed by atoms with Crippen LogP contribution in [0.4, 0.5) is 0 Å². The van der Waals surface area contributed by atoms with Crippen molar-refractivity contribution in [2.75, 3.05) is 13.1 Å². The number of nitrogens with zero attached hydrogens (tertiary/aromatic N) is 4. The fourth-order valence-electron chi connectivity index (χ4n) is 3.52. The zero-order valence-electron chi connectivity index (χ0n) is 13.9. The highest BCUT2D eigenvalue weighted by Gasteiger charge is 2.45. The van der Waals surface area contributed by atoms with E-state index in [-0.39, 0.29) is 29.4 Å². The minimum Gasteiger partial charge on any atom is -0.468 e. The summed E-state index contributed by atoms with van der Waals surface area (Å²) in [7, 11) is 0. The molecule has 8 heteroatoms. The van der Waals surface area contributed by atoms with Crippen molar-refractivity contribution in [3.63, 3.8) is 0 Å². The van der Waals surface area contributed by atoms with E-state index in [4.69, 9.17) is 9.15 Å². The summed E-state index contributed by atoms with van der Waals surface area (Å²) in [5, 5.41) is 4.57. The number of thioether (sulfide) groups is 1. The van der Waals surface area contributed by atoms with E-state index in [0.29, 0.717) is 11.0 Å². The number of hydrogen-bond donors (Lipinski definition) is 0. The van der Waals surface area contributed by atoms with E-state index < -0.39 is 0 Å². The Kier molecular flexibility index (Phi) is 3.98. The van der Waals surface area contributed by atoms with Crippen LogP contribution in [-0.2, 0) is 4.74 Å². The number of aryl methyl sites for hydroxylation is 1. The highest BCUT2D eigenvalue weighted by atomic mass is 32.2. The lowest BCUT2D eigenvalue weighted by Gasteiger charge is -2.40. The van der Waals surface area contributed by atoms with Crippen molar-refractivity contribution in [3.05, 3.63) is 30.0 Å². The first-order valence-electron chi connectivity index (χ1n) is 8.10. The number of morpholine rings is 1. The molecule has 2 aliphatic rings. The molecule has 4 heterocycles. The molecule has 4 unspecified atom stereocenters. The fraction of sp³-hybridized carbons (Fsp3) is 0.562. The van der Waals surface area contributed by atoms with Crippen LogP contribution in [0.15, 0.2) is 28.0 Å². The highest BCUT2D eigenvalue weighted by Crippen LogP contribution is 2.41. The topological polar surface area (TPSA) is 73.4 Å². The van der Waals surface area contributed by atoms with Crippen LogP contribution in [0.1, 0.15) is 36.3 Å². The van der Waals surface area contributed by atoms with Gasteiger partial charge in [0.25, 0.3) is 5.91 Å². The van der Waals surface area contributed by atoms with Crippen molar-refractivity contribution in [3.8, 4) is 0 Å². The molecular formula is C16H20N4O3S. The van der Waals surface area contributed by atoms with E-state index in [1.165, 1.54) is 16.4 Å². The molecule has 0 aromatic carbocycles. The number of aromatic nitrogens is 3. The van der Waals surface area contributed by atoms with E-state index in [9.17, 15) is 4.79 Å². The number of hydrogen-bond acceptors (Lipinski definition) is 7. The van der Waals surface area contributed by atoms with Crippen molar-refractivity contribution in [1.82, 2.24) is 19.7 Å². The second-order valence-corrected chi connectivity index (χ2v) is 7.51. The van der Waals surface area contributed by atoms with Crippen molar-refractivity contribution in [2.24, 2.45) is 0 Å². The average molecular weight is 348 g/mol. The lowest BCUT2D eigenvalue weighted by Crippen LogP contribution is -2.50. The summed E-state index contributed by atoms with van der Waals surface area (Å²) >= 11 is 1.46. The summed E-state index contributed by atoms with van der Waals surface area (Å²) < 4.78 is 12.9. The molecule has 0 amide bonds. The quantitative estimate of drug-likeness (QED) is 0.841. The molecule has 24 heavy (non-hydrogen) atoms. The summed E-state index contributed by atoms with van der Waals surface area (Å²) in [4.78, 5) is 19.5. The molecule has 128 valence electrons. The van der Waals surface area contributed by atoms with Gasteiger partial charge in [0.15, 0.2) is 5.16 Å². The molecule has 0 saturated carbocycles. The zero-order chi connectivity index (χ0) is 16.8. The number of fused-ring (bicyclic) bond motifs is 1. The van der Waals surface area contributed by atoms with E-state index in [2.05, 4.69) is 28.8 Å². The summed E-state index contributed by atoms with van der Waals surface area (Å²) in [6.45, 7) is 7.43. The monoisotopic (exact) mass is 348 g/mol. The third kappa shape index (κ3) is 2.68. The third-order valence-electron chi connectivity index (χ3n) is 4.33. The van der Waals surface area contributed by atoms with Crippen LogP contribution in [0, 0.1) is 6.92 Å². The van der Waals surface area contributed by atoms with Crippen LogP contribution in [0.3, 0.4) is 0 Å². The van der Waals surface area contributed by atoms with Gasteiger partial charge in [0.1, 0.15) is 16.8 Å². The van der Waals surface area contributed by atoms with Gasteiger partial charge in [-0.15, -0.1) is 5.10 Å². The molecule has 0 spiro atoms. The maximum Gasteiger partial charge on any atom is 0.265 e. The van der Waals surface area contributed by atoms with Crippen molar-refractivity contribution >= 4 is 17.7 Å². The minimum atomic E-state index is -0.316. The number of carbonyl (C=O) groups is 1. The van der Waals surface area contributed by atoms with E-state index >= 15 is 0 Å². The van der Waals surface area contributed by atoms with E-state index in [1.54, 1.807) is 13.2 Å². The van der Waals surface area contributed by atoms with E-state index in [1.807, 2.05) is 12.1 Å². The van der Waals surface area contributed by atoms with Crippen molar-refractivity contribution in [1.29, 1.82) is 0 Å². The van der Waals surface area contributed by atoms with Gasteiger partial charge in [0.05, 0.1) is 24.5 Å². The molecular weight excluding hydrogens is 328 g/mol. The van der Waals surface area contributed by atoms with Gasteiger partial charge in [-0.3, -0.25) is 9.69 Å². The molecule has 1 fully saturated rings. The molecule has 2 aliphatic heterocycles. The van der Waals surface area contributed by atoms with Crippen LogP contribution in [0.25, 0.3) is 0 Å². The third-order valence-corrected chi connectivity index (χ3v) is 5.52. The number of furan rings is 1. The Bertz CT molecular complexity index is 735. The smallest absolute Gasteiger partial charge is 0.265 e. The summed E-state index contributed by atoms with van der Waals surface area (Å²) in [6, 6.07) is 3.64. The molecule has 4 rings (SSSR count). The first-order chi connectivity index (χ1) is 11.5. The summed E-state index contributed by atoms with van der Waals surface area (Å²) in [5.74, 6) is 1.38. The molecule has 0 aliphatic carbocycles. The Labute approximate surface area is 144 Å². The van der Waals surface area contributed by atoms with Crippen LogP contribution >= 0.6 is 11.8 Å². The highest BCUT2D eigenvalue weighted by molar-refractivity contribution is 8.00. The minimum absolute atomic E-state index is 0.0382. The second kappa shape index (κ2) is 6.02. The average Bonchev–Trinajstić information content (AvgIpc) is 3.20. The zero-order valence-corrected chi connectivity index (χ0v) is 14.7. The van der Waals surface area contributed by atoms with Crippen LogP contribution in [0.5, 0.6) is 0 Å². The maximum atomic E-state index is 12.9. The number of ether oxygens (including phenoxy) is 1. The molecule has 1 saturated heterocycles. The van der Waals surface area contributed by atoms with Crippen molar-refractivity contribution < 1.29 is 13.9 Å². The molecule has 2 aromatic rings. The van der Waals surface area contributed by atoms with Gasteiger partial charge >= 0.3 is 0 Å². The number of rotatable bonds is 3. The van der Waals surface area contributed by atoms with Gasteiger partial charge in [0.2, 0.25) is 0 Å². The van der Waals surface area contributed by atoms with Crippen LogP contribution < -0.4 is 0 Å².